The Labute approximate surface area is 107 Å². The van der Waals surface area contributed by atoms with Gasteiger partial charge in [-0.1, -0.05) is 0 Å². The third kappa shape index (κ3) is 2.15. The first-order chi connectivity index (χ1) is 8.70. The smallest absolute Gasteiger partial charge is 0.320 e. The molecule has 3 fully saturated rings. The first-order valence-corrected chi connectivity index (χ1v) is 6.90. The van der Waals surface area contributed by atoms with E-state index in [1.807, 2.05) is 0 Å². The monoisotopic (exact) mass is 255 g/mol. The Kier molecular flexibility index (Phi) is 3.30. The molecule has 0 aromatic rings. The highest BCUT2D eigenvalue weighted by molar-refractivity contribution is 5.73. The minimum absolute atomic E-state index is 0.130. The lowest BCUT2D eigenvalue weighted by Gasteiger charge is -2.42. The summed E-state index contributed by atoms with van der Waals surface area (Å²) in [5.41, 5.74) is -0.130. The van der Waals surface area contributed by atoms with Gasteiger partial charge in [0, 0.05) is 25.7 Å². The van der Waals surface area contributed by atoms with Crippen LogP contribution in [0.25, 0.3) is 0 Å². The molecule has 3 atom stereocenters. The predicted octanol–water partition coefficient (Wildman–Crippen LogP) is 0.873. The van der Waals surface area contributed by atoms with Gasteiger partial charge in [-0.3, -0.25) is 9.69 Å². The van der Waals surface area contributed by atoms with E-state index < -0.39 is 5.97 Å². The Balaban J connectivity index is 1.70. The van der Waals surface area contributed by atoms with Crippen molar-refractivity contribution in [2.75, 3.05) is 26.4 Å². The molecule has 0 radical (unpaired) electrons. The zero-order valence-corrected chi connectivity index (χ0v) is 10.6. The maximum Gasteiger partial charge on any atom is 0.320 e. The number of hydrogen-bond donors (Lipinski definition) is 1. The molecule has 3 heterocycles. The van der Waals surface area contributed by atoms with Crippen molar-refractivity contribution in [2.24, 2.45) is 0 Å². The Hall–Kier alpha value is -0.650. The van der Waals surface area contributed by atoms with Crippen molar-refractivity contribution in [3.05, 3.63) is 0 Å². The fourth-order valence-corrected chi connectivity index (χ4v) is 3.64. The topological polar surface area (TPSA) is 59.0 Å². The van der Waals surface area contributed by atoms with Gasteiger partial charge in [-0.25, -0.2) is 0 Å². The van der Waals surface area contributed by atoms with E-state index in [0.29, 0.717) is 12.6 Å². The zero-order valence-electron chi connectivity index (χ0n) is 10.6. The molecular formula is C13H21NO4. The van der Waals surface area contributed by atoms with Crippen molar-refractivity contribution < 1.29 is 19.4 Å². The van der Waals surface area contributed by atoms with Crippen LogP contribution >= 0.6 is 0 Å². The summed E-state index contributed by atoms with van der Waals surface area (Å²) in [7, 11) is 0. The van der Waals surface area contributed by atoms with Crippen LogP contribution in [0.3, 0.4) is 0 Å². The molecule has 3 aliphatic heterocycles. The Morgan fingerprint density at radius 2 is 2.22 bits per heavy atom. The maximum atomic E-state index is 11.3. The average molecular weight is 255 g/mol. The Morgan fingerprint density at radius 1 is 1.33 bits per heavy atom. The summed E-state index contributed by atoms with van der Waals surface area (Å²) in [5.74, 6) is -0.671. The van der Waals surface area contributed by atoms with E-state index in [9.17, 15) is 9.90 Å². The molecule has 1 N–H and O–H groups in total. The van der Waals surface area contributed by atoms with Gasteiger partial charge in [0.15, 0.2) is 0 Å². The van der Waals surface area contributed by atoms with Crippen LogP contribution in [0.1, 0.15) is 32.1 Å². The molecule has 0 saturated carbocycles. The van der Waals surface area contributed by atoms with Crippen molar-refractivity contribution >= 4 is 5.97 Å². The van der Waals surface area contributed by atoms with Crippen molar-refractivity contribution in [1.82, 2.24) is 4.90 Å². The minimum Gasteiger partial charge on any atom is -0.480 e. The first-order valence-electron chi connectivity index (χ1n) is 6.90. The van der Waals surface area contributed by atoms with Gasteiger partial charge in [0.25, 0.3) is 0 Å². The van der Waals surface area contributed by atoms with Crippen LogP contribution in [0.5, 0.6) is 0 Å². The zero-order chi connectivity index (χ0) is 12.6. The molecule has 0 bridgehead atoms. The first kappa shape index (κ1) is 12.4. The van der Waals surface area contributed by atoms with Gasteiger partial charge in [0.2, 0.25) is 0 Å². The molecule has 3 aliphatic rings. The molecule has 18 heavy (non-hydrogen) atoms. The maximum absolute atomic E-state index is 11.3. The number of likely N-dealkylation sites (tertiary alicyclic amines) is 1. The number of aliphatic carboxylic acids is 1. The van der Waals surface area contributed by atoms with E-state index in [2.05, 4.69) is 4.90 Å². The average Bonchev–Trinajstić information content (AvgIpc) is 2.98. The van der Waals surface area contributed by atoms with Crippen molar-refractivity contribution in [3.63, 3.8) is 0 Å². The van der Waals surface area contributed by atoms with Gasteiger partial charge in [0.1, 0.15) is 6.04 Å². The Bertz CT molecular complexity index is 327. The summed E-state index contributed by atoms with van der Waals surface area (Å²) >= 11 is 0. The molecule has 3 saturated heterocycles. The second kappa shape index (κ2) is 4.79. The Morgan fingerprint density at radius 3 is 2.94 bits per heavy atom. The van der Waals surface area contributed by atoms with E-state index in [-0.39, 0.29) is 11.6 Å². The van der Waals surface area contributed by atoms with Crippen molar-refractivity contribution in [1.29, 1.82) is 0 Å². The predicted molar refractivity (Wildman–Crippen MR) is 64.5 cm³/mol. The molecule has 3 rings (SSSR count). The van der Waals surface area contributed by atoms with E-state index in [1.165, 1.54) is 0 Å². The fraction of sp³-hybridized carbons (Fsp3) is 0.923. The molecule has 0 aromatic carbocycles. The van der Waals surface area contributed by atoms with E-state index >= 15 is 0 Å². The number of hydrogen-bond acceptors (Lipinski definition) is 4. The lowest BCUT2D eigenvalue weighted by atomic mass is 9.88. The molecular weight excluding hydrogens is 234 g/mol. The van der Waals surface area contributed by atoms with Crippen LogP contribution < -0.4 is 0 Å². The lowest BCUT2D eigenvalue weighted by Crippen LogP contribution is -2.52. The molecule has 0 aliphatic carbocycles. The van der Waals surface area contributed by atoms with Gasteiger partial charge in [-0.2, -0.15) is 0 Å². The van der Waals surface area contributed by atoms with E-state index in [1.54, 1.807) is 0 Å². The van der Waals surface area contributed by atoms with Crippen LogP contribution in [0.4, 0.5) is 0 Å². The molecule has 0 aromatic heterocycles. The van der Waals surface area contributed by atoms with Crippen LogP contribution in [-0.2, 0) is 14.3 Å². The summed E-state index contributed by atoms with van der Waals surface area (Å²) < 4.78 is 11.4. The number of carboxylic acids is 1. The summed E-state index contributed by atoms with van der Waals surface area (Å²) in [6, 6.07) is 0.0662. The van der Waals surface area contributed by atoms with Gasteiger partial charge in [-0.05, 0) is 32.2 Å². The third-order valence-corrected chi connectivity index (χ3v) is 4.58. The third-order valence-electron chi connectivity index (χ3n) is 4.58. The van der Waals surface area contributed by atoms with Crippen molar-refractivity contribution in [2.45, 2.75) is 49.8 Å². The normalized spacial score (nSPS) is 41.6. The SMILES string of the molecule is O=C(O)C1CCCN1C1CCOC2(CCOC2)C1. The number of rotatable bonds is 2. The number of ether oxygens (including phenoxy) is 2. The highest BCUT2D eigenvalue weighted by Crippen LogP contribution is 2.36. The summed E-state index contributed by atoms with van der Waals surface area (Å²) in [6.45, 7) is 3.10. The molecule has 5 nitrogen and oxygen atoms in total. The number of nitrogens with zero attached hydrogens (tertiary/aromatic N) is 1. The standard InChI is InChI=1S/C13H21NO4/c15-12(16)11-2-1-5-14(11)10-3-6-18-13(8-10)4-7-17-9-13/h10-11H,1-9H2,(H,15,16). The second-order valence-corrected chi connectivity index (χ2v) is 5.71. The summed E-state index contributed by atoms with van der Waals surface area (Å²) in [6.07, 6.45) is 4.62. The van der Waals surface area contributed by atoms with Crippen LogP contribution in [0.2, 0.25) is 0 Å². The van der Waals surface area contributed by atoms with Gasteiger partial charge in [0.05, 0.1) is 12.2 Å². The van der Waals surface area contributed by atoms with Crippen molar-refractivity contribution in [3.8, 4) is 0 Å². The minimum atomic E-state index is -0.671. The highest BCUT2D eigenvalue weighted by Gasteiger charge is 2.45. The van der Waals surface area contributed by atoms with Gasteiger partial charge < -0.3 is 14.6 Å². The number of carbonyl (C=O) groups is 1. The van der Waals surface area contributed by atoms with Gasteiger partial charge >= 0.3 is 5.97 Å². The molecule has 1 spiro atoms. The van der Waals surface area contributed by atoms with Crippen LogP contribution in [0.15, 0.2) is 0 Å². The molecule has 0 amide bonds. The van der Waals surface area contributed by atoms with Crippen LogP contribution in [0, 0.1) is 0 Å². The van der Waals surface area contributed by atoms with Crippen LogP contribution in [-0.4, -0.2) is 60.0 Å². The van der Waals surface area contributed by atoms with Gasteiger partial charge in [-0.15, -0.1) is 0 Å². The molecule has 102 valence electrons. The summed E-state index contributed by atoms with van der Waals surface area (Å²) in [5, 5.41) is 9.27. The largest absolute Gasteiger partial charge is 0.480 e. The molecule has 3 unspecified atom stereocenters. The summed E-state index contributed by atoms with van der Waals surface area (Å²) in [4.78, 5) is 13.5. The lowest BCUT2D eigenvalue weighted by molar-refractivity contribution is -0.147. The number of carboxylic acid groups (broad SMARTS) is 1. The second-order valence-electron chi connectivity index (χ2n) is 5.71. The van der Waals surface area contributed by atoms with E-state index in [4.69, 9.17) is 9.47 Å². The highest BCUT2D eigenvalue weighted by atomic mass is 16.6. The quantitative estimate of drug-likeness (QED) is 0.793. The fourth-order valence-electron chi connectivity index (χ4n) is 3.64. The molecule has 5 heteroatoms. The van der Waals surface area contributed by atoms with E-state index in [0.717, 1.165) is 51.9 Å².